The molecule has 0 spiro atoms. The molecule has 18 aromatic rings. The van der Waals surface area contributed by atoms with E-state index in [4.69, 9.17) is 0 Å². The fourth-order valence-corrected chi connectivity index (χ4v) is 22.8. The minimum Gasteiger partial charge on any atom is -0.0620 e. The highest BCUT2D eigenvalue weighted by Crippen LogP contribution is 2.58. The fraction of sp³-hybridized carbons (Fsp3) is 0.182. The second kappa shape index (κ2) is 34.4. The molecule has 0 atom stereocenters. The fourth-order valence-electron chi connectivity index (χ4n) is 22.8. The maximum Gasteiger partial charge on any atom is 0.0165 e. The highest BCUT2D eigenvalue weighted by molar-refractivity contribution is 5.94. The molecule has 6 aliphatic rings. The Kier molecular flexibility index (Phi) is 22.7. The van der Waals surface area contributed by atoms with Gasteiger partial charge in [-0.1, -0.05) is 488 Å². The molecular formula is C132H120. The Balaban J connectivity index is 0.000000102. The van der Waals surface area contributed by atoms with Gasteiger partial charge in [-0.25, -0.2) is 0 Å². The molecule has 0 heterocycles. The van der Waals surface area contributed by atoms with E-state index in [2.05, 4.69) is 525 Å². The molecule has 0 amide bonds. The molecule has 0 saturated heterocycles. The molecule has 648 valence electrons. The molecule has 0 bridgehead atoms. The van der Waals surface area contributed by atoms with Crippen LogP contribution in [0.4, 0.5) is 0 Å². The molecule has 18 aromatic carbocycles. The van der Waals surface area contributed by atoms with Gasteiger partial charge in [-0.3, -0.25) is 0 Å². The maximum absolute atomic E-state index is 2.37. The third-order valence-corrected chi connectivity index (χ3v) is 29.8. The summed E-state index contributed by atoms with van der Waals surface area (Å²) in [6.45, 7) is 41.0. The Hall–Kier alpha value is -14.0. The van der Waals surface area contributed by atoms with Crippen LogP contribution >= 0.6 is 0 Å². The van der Waals surface area contributed by atoms with Gasteiger partial charge < -0.3 is 0 Å². The van der Waals surface area contributed by atoms with Gasteiger partial charge in [-0.15, -0.1) is 0 Å². The summed E-state index contributed by atoms with van der Waals surface area (Å²) in [6, 6.07) is 146. The first-order valence-corrected chi connectivity index (χ1v) is 47.4. The standard InChI is InChI=1S/6C22H20/c1-15-8-6-9-16(14-15)17-11-7-12-19-18-10-4-5-13-20(18)22(2,3)21(17)19;1-15-9-4-5-10-16(15)18-12-8-13-19-17-11-6-7-14-20(17)22(2,3)21(18)19;1-15-7-6-8-16(13-15)17-11-12-21-19(14-17)18-9-4-5-10-20(18)22(21,2)3;1-15-8-4-5-9-17(15)16-12-13-21-19(14-16)18-10-6-7-11-20(18)22(21,2)3;1-15-11-13-16(14-12-15)17-8-6-9-19-18-7-4-5-10-20(18)22(2,3)21(17)19;1-15-8-10-16(11-9-15)17-12-13-21-19(14-17)18-6-4-5-7-20(18)22(21,2)3/h6*4-14H,1-3H3. The van der Waals surface area contributed by atoms with Gasteiger partial charge in [0, 0.05) is 32.5 Å². The monoisotopic (exact) mass is 1700 g/mol. The Morgan fingerprint density at radius 3 is 0.712 bits per heavy atom. The van der Waals surface area contributed by atoms with Gasteiger partial charge in [-0.05, 0) is 271 Å². The molecule has 0 aromatic heterocycles. The van der Waals surface area contributed by atoms with Crippen molar-refractivity contribution in [2.75, 3.05) is 0 Å². The lowest BCUT2D eigenvalue weighted by Crippen LogP contribution is -2.16. The van der Waals surface area contributed by atoms with Crippen LogP contribution in [0.3, 0.4) is 0 Å². The van der Waals surface area contributed by atoms with Gasteiger partial charge >= 0.3 is 0 Å². The summed E-state index contributed by atoms with van der Waals surface area (Å²) in [6.07, 6.45) is 0. The van der Waals surface area contributed by atoms with Crippen LogP contribution in [0.15, 0.2) is 400 Å². The summed E-state index contributed by atoms with van der Waals surface area (Å²) in [7, 11) is 0. The first-order valence-electron chi connectivity index (χ1n) is 47.4. The van der Waals surface area contributed by atoms with Crippen molar-refractivity contribution < 1.29 is 0 Å². The lowest BCUT2D eigenvalue weighted by molar-refractivity contribution is 0.660. The number of fused-ring (bicyclic) bond motifs is 18. The van der Waals surface area contributed by atoms with E-state index < -0.39 is 0 Å². The van der Waals surface area contributed by atoms with Gasteiger partial charge in [0.05, 0.1) is 0 Å². The summed E-state index contributed by atoms with van der Waals surface area (Å²) in [4.78, 5) is 0. The van der Waals surface area contributed by atoms with Crippen molar-refractivity contribution in [1.82, 2.24) is 0 Å². The minimum absolute atomic E-state index is 0.0464. The molecule has 0 radical (unpaired) electrons. The number of hydrogen-bond donors (Lipinski definition) is 0. The minimum atomic E-state index is 0.0464. The summed E-state index contributed by atoms with van der Waals surface area (Å²) < 4.78 is 0. The van der Waals surface area contributed by atoms with Crippen LogP contribution in [-0.2, 0) is 32.5 Å². The maximum atomic E-state index is 2.37. The Labute approximate surface area is 785 Å². The number of aryl methyl sites for hydroxylation is 6. The molecule has 6 aliphatic carbocycles. The molecule has 0 saturated carbocycles. The van der Waals surface area contributed by atoms with Crippen LogP contribution in [-0.4, -0.2) is 0 Å². The normalized spacial score (nSPS) is 14.5. The van der Waals surface area contributed by atoms with E-state index in [9.17, 15) is 0 Å². The van der Waals surface area contributed by atoms with Gasteiger partial charge in [-0.2, -0.15) is 0 Å². The van der Waals surface area contributed by atoms with Crippen LogP contribution in [0, 0.1) is 41.5 Å². The molecule has 0 N–H and O–H groups in total. The molecule has 0 aliphatic heterocycles. The summed E-state index contributed by atoms with van der Waals surface area (Å²) in [5, 5.41) is 0. The molecular weight excluding hydrogens is 1590 g/mol. The van der Waals surface area contributed by atoms with Gasteiger partial charge in [0.25, 0.3) is 0 Å². The molecule has 0 unspecified atom stereocenters. The Morgan fingerprint density at radius 2 is 0.341 bits per heavy atom. The third-order valence-electron chi connectivity index (χ3n) is 29.8. The average Bonchev–Trinajstić information content (AvgIpc) is 1.57. The molecule has 132 heavy (non-hydrogen) atoms. The first kappa shape index (κ1) is 87.3. The van der Waals surface area contributed by atoms with Crippen LogP contribution in [0.2, 0.25) is 0 Å². The van der Waals surface area contributed by atoms with Gasteiger partial charge in [0.2, 0.25) is 0 Å². The Bertz CT molecular complexity index is 7450. The van der Waals surface area contributed by atoms with Crippen molar-refractivity contribution in [3.63, 3.8) is 0 Å². The van der Waals surface area contributed by atoms with Crippen molar-refractivity contribution in [2.45, 2.75) is 157 Å². The van der Waals surface area contributed by atoms with Gasteiger partial charge in [0.15, 0.2) is 0 Å². The summed E-state index contributed by atoms with van der Waals surface area (Å²) in [5.41, 5.74) is 58.1. The molecule has 0 fully saturated rings. The second-order valence-corrected chi connectivity index (χ2v) is 40.6. The lowest BCUT2D eigenvalue weighted by Gasteiger charge is -2.25. The number of hydrogen-bond acceptors (Lipinski definition) is 0. The molecule has 0 nitrogen and oxygen atoms in total. The quantitative estimate of drug-likeness (QED) is 0.156. The van der Waals surface area contributed by atoms with E-state index in [0.29, 0.717) is 0 Å². The van der Waals surface area contributed by atoms with E-state index >= 15 is 0 Å². The lowest BCUT2D eigenvalue weighted by atomic mass is 9.78. The summed E-state index contributed by atoms with van der Waals surface area (Å²) >= 11 is 0. The van der Waals surface area contributed by atoms with Gasteiger partial charge in [0.1, 0.15) is 0 Å². The van der Waals surface area contributed by atoms with E-state index in [1.54, 1.807) is 0 Å². The number of rotatable bonds is 6. The molecule has 0 heteroatoms. The highest BCUT2D eigenvalue weighted by atomic mass is 14.5. The topological polar surface area (TPSA) is 0 Å². The number of benzene rings is 18. The SMILES string of the molecule is Cc1ccc(-c2ccc3c(c2)-c2ccccc2C3(C)C)cc1.Cc1ccc(-c2cccc3c2C(C)(C)c2ccccc2-3)cc1.Cc1cccc(-c2ccc3c(c2)-c2ccccc2C3(C)C)c1.Cc1cccc(-c2cccc3c2C(C)(C)c2ccccc2-3)c1.Cc1ccccc1-c1ccc2c(c1)-c1ccccc1C2(C)C.Cc1ccccc1-c1cccc2c1C(C)(C)c1ccccc1-2. The zero-order chi connectivity index (χ0) is 91.9. The zero-order valence-electron chi connectivity index (χ0n) is 80.1. The smallest absolute Gasteiger partial charge is 0.0165 e. The van der Waals surface area contributed by atoms with E-state index in [0.717, 1.165) is 0 Å². The van der Waals surface area contributed by atoms with Crippen LogP contribution in [0.5, 0.6) is 0 Å². The predicted octanol–water partition coefficient (Wildman–Crippen LogP) is 35.8. The average molecular weight is 1710 g/mol. The zero-order valence-corrected chi connectivity index (χ0v) is 80.1. The van der Waals surface area contributed by atoms with Crippen molar-refractivity contribution in [3.05, 3.63) is 501 Å². The first-order chi connectivity index (χ1) is 63.5. The molecule has 24 rings (SSSR count). The second-order valence-electron chi connectivity index (χ2n) is 40.6. The van der Waals surface area contributed by atoms with Crippen molar-refractivity contribution in [1.29, 1.82) is 0 Å². The van der Waals surface area contributed by atoms with E-state index in [1.807, 2.05) is 0 Å². The predicted molar refractivity (Wildman–Crippen MR) is 565 cm³/mol. The van der Waals surface area contributed by atoms with Crippen molar-refractivity contribution >= 4 is 0 Å². The summed E-state index contributed by atoms with van der Waals surface area (Å²) in [5.74, 6) is 0. The van der Waals surface area contributed by atoms with Crippen molar-refractivity contribution in [2.24, 2.45) is 0 Å². The van der Waals surface area contributed by atoms with E-state index in [-0.39, 0.29) is 32.5 Å². The largest absolute Gasteiger partial charge is 0.0620 e. The van der Waals surface area contributed by atoms with Crippen molar-refractivity contribution in [3.8, 4) is 134 Å². The highest BCUT2D eigenvalue weighted by Gasteiger charge is 2.43. The van der Waals surface area contributed by atoms with Crippen LogP contribution < -0.4 is 0 Å². The Morgan fingerprint density at radius 1 is 0.121 bits per heavy atom. The van der Waals surface area contributed by atoms with E-state index in [1.165, 1.54) is 234 Å². The van der Waals surface area contributed by atoms with Crippen LogP contribution in [0.1, 0.15) is 183 Å². The third kappa shape index (κ3) is 15.4. The van der Waals surface area contributed by atoms with Crippen LogP contribution in [0.25, 0.3) is 134 Å².